The second-order valence-electron chi connectivity index (χ2n) is 8.35. The van der Waals surface area contributed by atoms with E-state index in [4.69, 9.17) is 4.74 Å². The molecular formula is C28H30Br2N2O3. The molecule has 0 saturated heterocycles. The van der Waals surface area contributed by atoms with E-state index in [1.54, 1.807) is 4.90 Å². The summed E-state index contributed by atoms with van der Waals surface area (Å²) in [7, 11) is 0. The van der Waals surface area contributed by atoms with E-state index in [1.807, 2.05) is 86.6 Å². The van der Waals surface area contributed by atoms with Crippen LogP contribution in [0.4, 0.5) is 0 Å². The minimum atomic E-state index is -0.675. The van der Waals surface area contributed by atoms with Crippen molar-refractivity contribution in [3.63, 3.8) is 0 Å². The van der Waals surface area contributed by atoms with Gasteiger partial charge >= 0.3 is 0 Å². The summed E-state index contributed by atoms with van der Waals surface area (Å²) in [6.45, 7) is 4.65. The number of nitrogens with one attached hydrogen (secondary N) is 1. The Morgan fingerprint density at radius 1 is 0.971 bits per heavy atom. The normalized spacial score (nSPS) is 11.5. The molecule has 0 spiro atoms. The van der Waals surface area contributed by atoms with Crippen molar-refractivity contribution in [2.75, 3.05) is 13.2 Å². The molecule has 0 aliphatic rings. The van der Waals surface area contributed by atoms with Crippen LogP contribution in [0, 0.1) is 6.92 Å². The maximum Gasteiger partial charge on any atom is 0.261 e. The highest BCUT2D eigenvalue weighted by atomic mass is 79.9. The number of carbonyl (C=O) groups is 2. The standard InChI is InChI=1S/C28H30Br2N2O3/c1-3-14-31-28(34)26(17-21-8-5-4-6-9-21)32(18-22-10-7-11-23(29)16-22)27(33)19-35-24-12-13-25(30)20(2)15-24/h4-13,15-16,26H,3,14,17-19H2,1-2H3,(H,31,34). The fourth-order valence-electron chi connectivity index (χ4n) is 3.69. The highest BCUT2D eigenvalue weighted by Crippen LogP contribution is 2.22. The zero-order chi connectivity index (χ0) is 25.2. The number of halogens is 2. The number of ether oxygens (including phenoxy) is 1. The number of hydrogen-bond acceptors (Lipinski definition) is 3. The summed E-state index contributed by atoms with van der Waals surface area (Å²) in [5, 5.41) is 2.98. The van der Waals surface area contributed by atoms with Gasteiger partial charge in [0.15, 0.2) is 6.61 Å². The maximum absolute atomic E-state index is 13.6. The van der Waals surface area contributed by atoms with Gasteiger partial charge in [-0.3, -0.25) is 9.59 Å². The van der Waals surface area contributed by atoms with E-state index in [2.05, 4.69) is 37.2 Å². The molecule has 0 bridgehead atoms. The second-order valence-corrected chi connectivity index (χ2v) is 10.1. The van der Waals surface area contributed by atoms with Gasteiger partial charge in [-0.2, -0.15) is 0 Å². The van der Waals surface area contributed by atoms with Crippen molar-refractivity contribution < 1.29 is 14.3 Å². The molecule has 1 atom stereocenters. The van der Waals surface area contributed by atoms with Gasteiger partial charge in [0, 0.05) is 28.5 Å². The van der Waals surface area contributed by atoms with Gasteiger partial charge in [0.25, 0.3) is 5.91 Å². The second kappa shape index (κ2) is 13.4. The number of nitrogens with zero attached hydrogens (tertiary/aromatic N) is 1. The van der Waals surface area contributed by atoms with Gasteiger partial charge in [0.1, 0.15) is 11.8 Å². The quantitative estimate of drug-likeness (QED) is 0.290. The van der Waals surface area contributed by atoms with Gasteiger partial charge in [-0.25, -0.2) is 0 Å². The van der Waals surface area contributed by atoms with Crippen LogP contribution in [-0.4, -0.2) is 35.9 Å². The molecule has 3 rings (SSSR count). The van der Waals surface area contributed by atoms with E-state index >= 15 is 0 Å². The van der Waals surface area contributed by atoms with E-state index in [-0.39, 0.29) is 25.0 Å². The lowest BCUT2D eigenvalue weighted by molar-refractivity contribution is -0.142. The molecule has 0 fully saturated rings. The van der Waals surface area contributed by atoms with E-state index in [1.165, 1.54) is 0 Å². The Labute approximate surface area is 224 Å². The molecule has 0 aliphatic carbocycles. The average molecular weight is 602 g/mol. The van der Waals surface area contributed by atoms with Crippen LogP contribution in [0.1, 0.15) is 30.0 Å². The van der Waals surface area contributed by atoms with E-state index in [0.29, 0.717) is 18.7 Å². The predicted octanol–water partition coefficient (Wildman–Crippen LogP) is 6.07. The highest BCUT2D eigenvalue weighted by molar-refractivity contribution is 9.10. The summed E-state index contributed by atoms with van der Waals surface area (Å²) in [5.41, 5.74) is 2.93. The highest BCUT2D eigenvalue weighted by Gasteiger charge is 2.30. The number of benzene rings is 3. The number of amides is 2. The Balaban J connectivity index is 1.89. The van der Waals surface area contributed by atoms with Crippen molar-refractivity contribution >= 4 is 43.7 Å². The molecule has 1 N–H and O–H groups in total. The fraction of sp³-hybridized carbons (Fsp3) is 0.286. The molecule has 0 radical (unpaired) electrons. The van der Waals surface area contributed by atoms with Crippen molar-refractivity contribution in [3.05, 3.63) is 98.4 Å². The molecule has 2 amide bonds. The molecule has 0 heterocycles. The summed E-state index contributed by atoms with van der Waals surface area (Å²) >= 11 is 6.99. The van der Waals surface area contributed by atoms with E-state index in [0.717, 1.165) is 32.1 Å². The molecule has 5 nitrogen and oxygen atoms in total. The van der Waals surface area contributed by atoms with Crippen molar-refractivity contribution in [2.24, 2.45) is 0 Å². The van der Waals surface area contributed by atoms with Gasteiger partial charge in [0.05, 0.1) is 0 Å². The van der Waals surface area contributed by atoms with Crippen molar-refractivity contribution in [3.8, 4) is 5.75 Å². The molecule has 0 aliphatic heterocycles. The Bertz CT molecular complexity index is 1140. The van der Waals surface area contributed by atoms with Gasteiger partial charge in [0.2, 0.25) is 5.91 Å². The zero-order valence-electron chi connectivity index (χ0n) is 20.0. The van der Waals surface area contributed by atoms with Crippen LogP contribution in [0.5, 0.6) is 5.75 Å². The Hall–Kier alpha value is -2.64. The first-order valence-corrected chi connectivity index (χ1v) is 13.2. The van der Waals surface area contributed by atoms with Crippen LogP contribution in [0.15, 0.2) is 81.7 Å². The average Bonchev–Trinajstić information content (AvgIpc) is 2.86. The molecule has 1 unspecified atom stereocenters. The number of carbonyl (C=O) groups excluding carboxylic acids is 2. The number of hydrogen-bond donors (Lipinski definition) is 1. The molecule has 35 heavy (non-hydrogen) atoms. The van der Waals surface area contributed by atoms with Crippen LogP contribution >= 0.6 is 31.9 Å². The van der Waals surface area contributed by atoms with Crippen LogP contribution in [0.2, 0.25) is 0 Å². The third kappa shape index (κ3) is 8.22. The third-order valence-electron chi connectivity index (χ3n) is 5.55. The summed E-state index contributed by atoms with van der Waals surface area (Å²) in [4.78, 5) is 28.5. The molecule has 3 aromatic carbocycles. The van der Waals surface area contributed by atoms with Crippen molar-refractivity contribution in [2.45, 2.75) is 39.3 Å². The summed E-state index contributed by atoms with van der Waals surface area (Å²) < 4.78 is 7.75. The number of aryl methyl sites for hydroxylation is 1. The Morgan fingerprint density at radius 3 is 2.40 bits per heavy atom. The maximum atomic E-state index is 13.6. The third-order valence-corrected chi connectivity index (χ3v) is 6.94. The van der Waals surface area contributed by atoms with Gasteiger partial charge < -0.3 is 15.0 Å². The summed E-state index contributed by atoms with van der Waals surface area (Å²) in [6.07, 6.45) is 1.23. The molecule has 3 aromatic rings. The summed E-state index contributed by atoms with van der Waals surface area (Å²) in [6, 6.07) is 22.5. The molecule has 7 heteroatoms. The lowest BCUT2D eigenvalue weighted by Gasteiger charge is -2.31. The lowest BCUT2D eigenvalue weighted by Crippen LogP contribution is -2.51. The largest absolute Gasteiger partial charge is 0.484 e. The Kier molecular flexibility index (Phi) is 10.4. The van der Waals surface area contributed by atoms with Gasteiger partial charge in [-0.1, -0.05) is 81.2 Å². The van der Waals surface area contributed by atoms with E-state index < -0.39 is 6.04 Å². The first kappa shape index (κ1) is 27.0. The summed E-state index contributed by atoms with van der Waals surface area (Å²) in [5.74, 6) is 0.188. The number of rotatable bonds is 11. The van der Waals surface area contributed by atoms with Crippen LogP contribution in [-0.2, 0) is 22.6 Å². The first-order chi connectivity index (χ1) is 16.9. The van der Waals surface area contributed by atoms with Gasteiger partial charge in [-0.05, 0) is 60.4 Å². The van der Waals surface area contributed by atoms with Crippen LogP contribution in [0.3, 0.4) is 0 Å². The van der Waals surface area contributed by atoms with E-state index in [9.17, 15) is 9.59 Å². The minimum Gasteiger partial charge on any atom is -0.484 e. The van der Waals surface area contributed by atoms with Crippen molar-refractivity contribution in [1.29, 1.82) is 0 Å². The topological polar surface area (TPSA) is 58.6 Å². The smallest absolute Gasteiger partial charge is 0.261 e. The first-order valence-electron chi connectivity index (χ1n) is 11.6. The van der Waals surface area contributed by atoms with Gasteiger partial charge in [-0.15, -0.1) is 0 Å². The van der Waals surface area contributed by atoms with Crippen molar-refractivity contribution in [1.82, 2.24) is 10.2 Å². The molecule has 0 saturated carbocycles. The Morgan fingerprint density at radius 2 is 1.71 bits per heavy atom. The van der Waals surface area contributed by atoms with Crippen LogP contribution < -0.4 is 10.1 Å². The predicted molar refractivity (Wildman–Crippen MR) is 146 cm³/mol. The SMILES string of the molecule is CCCNC(=O)C(Cc1ccccc1)N(Cc1cccc(Br)c1)C(=O)COc1ccc(Br)c(C)c1. The minimum absolute atomic E-state index is 0.165. The zero-order valence-corrected chi connectivity index (χ0v) is 23.1. The molecular weight excluding hydrogens is 572 g/mol. The molecule has 184 valence electrons. The fourth-order valence-corrected chi connectivity index (χ4v) is 4.38. The molecule has 0 aromatic heterocycles. The lowest BCUT2D eigenvalue weighted by atomic mass is 10.0. The monoisotopic (exact) mass is 600 g/mol. The van der Waals surface area contributed by atoms with Crippen LogP contribution in [0.25, 0.3) is 0 Å².